The quantitative estimate of drug-likeness (QED) is 0.281. The summed E-state index contributed by atoms with van der Waals surface area (Å²) < 4.78 is 2.32. The van der Waals surface area contributed by atoms with Gasteiger partial charge in [-0.1, -0.05) is 72.0 Å². The largest absolute Gasteiger partial charge is 0.506 e. The van der Waals surface area contributed by atoms with Crippen LogP contribution in [0.15, 0.2) is 81.9 Å². The van der Waals surface area contributed by atoms with Gasteiger partial charge in [0.1, 0.15) is 5.76 Å². The number of thiazole rings is 1. The molecule has 40 heavy (non-hydrogen) atoms. The molecule has 8 heteroatoms. The van der Waals surface area contributed by atoms with Crippen molar-refractivity contribution in [2.24, 2.45) is 4.99 Å². The van der Waals surface area contributed by atoms with Crippen LogP contribution in [0.25, 0.3) is 16.8 Å². The predicted molar refractivity (Wildman–Crippen MR) is 165 cm³/mol. The van der Waals surface area contributed by atoms with E-state index in [1.807, 2.05) is 60.7 Å². The van der Waals surface area contributed by atoms with Gasteiger partial charge < -0.3 is 10.0 Å². The van der Waals surface area contributed by atoms with Gasteiger partial charge in [-0.3, -0.25) is 9.37 Å². The number of carbonyl (C=O) groups is 1. The number of amidine groups is 1. The molecule has 4 heterocycles. The first-order chi connectivity index (χ1) is 19.7. The Morgan fingerprint density at radius 3 is 2.12 bits per heavy atom. The number of hydrogen-bond donors (Lipinski definition) is 1. The average molecular weight is 568 g/mol. The summed E-state index contributed by atoms with van der Waals surface area (Å²) in [5.41, 5.74) is 4.19. The van der Waals surface area contributed by atoms with E-state index in [9.17, 15) is 9.90 Å². The number of aliphatic hydroxyl groups excluding tert-OH is 1. The van der Waals surface area contributed by atoms with E-state index in [1.165, 1.54) is 35.9 Å². The zero-order valence-corrected chi connectivity index (χ0v) is 23.9. The van der Waals surface area contributed by atoms with Crippen molar-refractivity contribution in [3.63, 3.8) is 0 Å². The van der Waals surface area contributed by atoms with E-state index in [0.717, 1.165) is 94.5 Å². The lowest BCUT2D eigenvalue weighted by Gasteiger charge is -2.26. The Morgan fingerprint density at radius 1 is 0.800 bits per heavy atom. The number of ketones is 1. The number of nitrogens with zero attached hydrogens (tertiary/aromatic N) is 4. The van der Waals surface area contributed by atoms with E-state index < -0.39 is 0 Å². The van der Waals surface area contributed by atoms with E-state index in [1.54, 1.807) is 0 Å². The molecule has 2 saturated heterocycles. The van der Waals surface area contributed by atoms with Crippen LogP contribution in [0.4, 0.5) is 5.13 Å². The molecule has 202 valence electrons. The molecule has 0 bridgehead atoms. The molecule has 0 unspecified atom stereocenters. The molecule has 3 aromatic rings. The first kappa shape index (κ1) is 25.5. The summed E-state index contributed by atoms with van der Waals surface area (Å²) in [4.78, 5) is 27.9. The number of anilines is 1. The van der Waals surface area contributed by atoms with E-state index >= 15 is 0 Å². The zero-order chi connectivity index (χ0) is 27.1. The van der Waals surface area contributed by atoms with Crippen molar-refractivity contribution < 1.29 is 14.5 Å². The summed E-state index contributed by atoms with van der Waals surface area (Å²) in [5.74, 6) is -0.0726. The van der Waals surface area contributed by atoms with Crippen LogP contribution in [0.3, 0.4) is 0 Å². The highest BCUT2D eigenvalue weighted by atomic mass is 32.2. The molecular weight excluding hydrogens is 537 g/mol. The molecule has 7 rings (SSSR count). The number of piperidine rings is 2. The van der Waals surface area contributed by atoms with Crippen molar-refractivity contribution in [2.75, 3.05) is 31.1 Å². The van der Waals surface area contributed by atoms with Gasteiger partial charge in [-0.2, -0.15) is 0 Å². The molecule has 0 saturated carbocycles. The number of aromatic nitrogens is 1. The van der Waals surface area contributed by atoms with Gasteiger partial charge in [0.25, 0.3) is 0 Å². The van der Waals surface area contributed by atoms with Gasteiger partial charge in [0.2, 0.25) is 5.78 Å². The number of carbonyl (C=O) groups excluding carboxylic acids is 1. The SMILES string of the molecule is O=C1C(c2sc(N3CCCCC3)nc2-c2ccccc2)=C(O)/C1=C1/SC(=[N+]2CCCCC2)N=C1c1ccccc1. The van der Waals surface area contributed by atoms with E-state index in [4.69, 9.17) is 9.98 Å². The second-order valence-corrected chi connectivity index (χ2v) is 12.6. The molecule has 1 aliphatic carbocycles. The number of benzene rings is 2. The number of hydrogen-bond acceptors (Lipinski definition) is 6. The molecule has 1 N–H and O–H groups in total. The Hall–Kier alpha value is -3.49. The van der Waals surface area contributed by atoms with Gasteiger partial charge in [0.15, 0.2) is 10.8 Å². The molecule has 6 nitrogen and oxygen atoms in total. The number of Topliss-reactive ketones (excluding diaryl/α,β-unsaturated/α-hetero) is 1. The van der Waals surface area contributed by atoms with Gasteiger partial charge in [-0.05, 0) is 43.5 Å². The highest BCUT2D eigenvalue weighted by Crippen LogP contribution is 2.49. The van der Waals surface area contributed by atoms with Gasteiger partial charge in [0.05, 0.1) is 39.7 Å². The molecule has 0 radical (unpaired) electrons. The Labute approximate surface area is 242 Å². The van der Waals surface area contributed by atoms with Crippen LogP contribution in [0, 0.1) is 0 Å². The second kappa shape index (κ2) is 10.8. The minimum Gasteiger partial charge on any atom is -0.506 e. The molecule has 0 atom stereocenters. The molecule has 0 amide bonds. The van der Waals surface area contributed by atoms with E-state index in [2.05, 4.69) is 9.48 Å². The van der Waals surface area contributed by atoms with Crippen LogP contribution in [0.5, 0.6) is 0 Å². The zero-order valence-electron chi connectivity index (χ0n) is 22.3. The third kappa shape index (κ3) is 4.53. The smallest absolute Gasteiger partial charge is 0.360 e. The standard InChI is InChI=1S/C32H30N4O2S2/c37-27-23(29-25(21-13-5-1-6-14-21)33-31(39-29)35-17-9-3-10-18-35)28(38)24(27)30-26(22-15-7-2-8-16-22)34-32(40-30)36-19-11-4-12-20-36/h1-2,5-8,13-16H,3-4,9-12,17-20H2/p+1. The lowest BCUT2D eigenvalue weighted by molar-refractivity contribution is -0.535. The number of rotatable bonds is 4. The monoisotopic (exact) mass is 567 g/mol. The van der Waals surface area contributed by atoms with Crippen LogP contribution >= 0.6 is 23.1 Å². The number of thioether (sulfide) groups is 1. The van der Waals surface area contributed by atoms with Crippen molar-refractivity contribution in [1.29, 1.82) is 0 Å². The summed E-state index contributed by atoms with van der Waals surface area (Å²) in [6.45, 7) is 3.88. The molecule has 2 fully saturated rings. The Kier molecular flexibility index (Phi) is 6.89. The molecule has 4 aliphatic rings. The maximum atomic E-state index is 14.0. The minimum atomic E-state index is -0.130. The topological polar surface area (TPSA) is 68.8 Å². The third-order valence-corrected chi connectivity index (χ3v) is 10.2. The average Bonchev–Trinajstić information content (AvgIpc) is 3.65. The molecule has 3 aliphatic heterocycles. The molecular formula is C32H31N4O2S2+. The van der Waals surface area contributed by atoms with Crippen LogP contribution < -0.4 is 4.90 Å². The molecule has 2 aromatic carbocycles. The van der Waals surface area contributed by atoms with Crippen molar-refractivity contribution in [2.45, 2.75) is 38.5 Å². The fourth-order valence-corrected chi connectivity index (χ4v) is 8.17. The van der Waals surface area contributed by atoms with Crippen LogP contribution in [-0.2, 0) is 4.79 Å². The first-order valence-corrected chi connectivity index (χ1v) is 15.8. The number of aliphatic imine (C=N–C) groups is 1. The summed E-state index contributed by atoms with van der Waals surface area (Å²) in [7, 11) is 0. The lowest BCUT2D eigenvalue weighted by atomic mass is 9.84. The fraction of sp³-hybridized carbons (Fsp3) is 0.312. The normalized spacial score (nSPS) is 21.6. The molecule has 1 aromatic heterocycles. The summed E-state index contributed by atoms with van der Waals surface area (Å²) >= 11 is 3.04. The Bertz CT molecular complexity index is 1590. The van der Waals surface area contributed by atoms with E-state index in [0.29, 0.717) is 11.1 Å². The van der Waals surface area contributed by atoms with Crippen LogP contribution in [0.2, 0.25) is 0 Å². The van der Waals surface area contributed by atoms with Gasteiger partial charge in [-0.25, -0.2) is 4.98 Å². The van der Waals surface area contributed by atoms with E-state index in [-0.39, 0.29) is 11.5 Å². The highest BCUT2D eigenvalue weighted by molar-refractivity contribution is 8.18. The van der Waals surface area contributed by atoms with Gasteiger partial charge in [0, 0.05) is 36.0 Å². The maximum absolute atomic E-state index is 14.0. The van der Waals surface area contributed by atoms with Crippen LogP contribution in [-0.4, -0.2) is 57.5 Å². The Balaban J connectivity index is 1.34. The number of aliphatic hydroxyl groups is 1. The summed E-state index contributed by atoms with van der Waals surface area (Å²) in [6, 6.07) is 20.0. The van der Waals surface area contributed by atoms with Crippen molar-refractivity contribution in [3.8, 4) is 11.3 Å². The molecule has 0 spiro atoms. The van der Waals surface area contributed by atoms with Crippen molar-refractivity contribution >= 4 is 50.5 Å². The maximum Gasteiger partial charge on any atom is 0.360 e. The van der Waals surface area contributed by atoms with Gasteiger partial charge in [-0.15, -0.1) is 0 Å². The highest BCUT2D eigenvalue weighted by Gasteiger charge is 2.45. The van der Waals surface area contributed by atoms with Gasteiger partial charge >= 0.3 is 5.17 Å². The first-order valence-electron chi connectivity index (χ1n) is 14.2. The summed E-state index contributed by atoms with van der Waals surface area (Å²) in [5, 5.41) is 13.4. The number of allylic oxidation sites excluding steroid dienone is 3. The fourth-order valence-electron chi connectivity index (χ4n) is 5.80. The predicted octanol–water partition coefficient (Wildman–Crippen LogP) is 6.69. The minimum absolute atomic E-state index is 0.0575. The summed E-state index contributed by atoms with van der Waals surface area (Å²) in [6.07, 6.45) is 7.06. The van der Waals surface area contributed by atoms with Crippen molar-refractivity contribution in [1.82, 2.24) is 4.98 Å². The van der Waals surface area contributed by atoms with Crippen molar-refractivity contribution in [3.05, 3.63) is 87.3 Å². The third-order valence-electron chi connectivity index (χ3n) is 7.96. The van der Waals surface area contributed by atoms with Crippen LogP contribution in [0.1, 0.15) is 49.0 Å². The Morgan fingerprint density at radius 2 is 1.45 bits per heavy atom. The second-order valence-electron chi connectivity index (χ2n) is 10.6. The lowest BCUT2D eigenvalue weighted by Crippen LogP contribution is -2.29.